The van der Waals surface area contributed by atoms with Crippen molar-refractivity contribution in [1.29, 1.82) is 0 Å². The molecule has 0 saturated heterocycles. The molecule has 0 heterocycles. The molecule has 0 aliphatic carbocycles. The fourth-order valence-electron chi connectivity index (χ4n) is 2.51. The first-order valence-electron chi connectivity index (χ1n) is 11.7. The van der Waals surface area contributed by atoms with Gasteiger partial charge in [-0.05, 0) is 46.2 Å². The number of benzene rings is 1. The van der Waals surface area contributed by atoms with Gasteiger partial charge in [-0.1, -0.05) is 17.7 Å². The predicted molar refractivity (Wildman–Crippen MR) is 129 cm³/mol. The van der Waals surface area contributed by atoms with E-state index in [0.717, 1.165) is 5.56 Å². The molecular formula is C24H40O10S. The van der Waals surface area contributed by atoms with Crippen LogP contribution in [0.15, 0.2) is 29.2 Å². The third-order valence-corrected chi connectivity index (χ3v) is 5.44. The normalized spacial score (nSPS) is 12.1. The highest BCUT2D eigenvalue weighted by atomic mass is 32.2. The van der Waals surface area contributed by atoms with Gasteiger partial charge in [0, 0.05) is 6.61 Å². The average Bonchev–Trinajstić information content (AvgIpc) is 2.77. The van der Waals surface area contributed by atoms with Crippen molar-refractivity contribution in [3.05, 3.63) is 29.8 Å². The van der Waals surface area contributed by atoms with Gasteiger partial charge in [0.2, 0.25) is 0 Å². The van der Waals surface area contributed by atoms with Gasteiger partial charge in [0.05, 0.1) is 64.4 Å². The lowest BCUT2D eigenvalue weighted by molar-refractivity contribution is -0.160. The van der Waals surface area contributed by atoms with Gasteiger partial charge in [-0.25, -0.2) is 4.79 Å². The highest BCUT2D eigenvalue weighted by molar-refractivity contribution is 7.86. The molecule has 35 heavy (non-hydrogen) atoms. The fourth-order valence-corrected chi connectivity index (χ4v) is 3.45. The Bertz CT molecular complexity index is 788. The maximum atomic E-state index is 12.0. The van der Waals surface area contributed by atoms with E-state index >= 15 is 0 Å². The Morgan fingerprint density at radius 2 is 1.17 bits per heavy atom. The van der Waals surface area contributed by atoms with Crippen LogP contribution in [-0.4, -0.2) is 92.7 Å². The molecule has 0 amide bonds. The zero-order chi connectivity index (χ0) is 26.0. The van der Waals surface area contributed by atoms with Crippen molar-refractivity contribution < 1.29 is 45.8 Å². The Morgan fingerprint density at radius 1 is 0.714 bits per heavy atom. The van der Waals surface area contributed by atoms with Gasteiger partial charge < -0.3 is 28.4 Å². The van der Waals surface area contributed by atoms with Crippen molar-refractivity contribution in [3.8, 4) is 0 Å². The summed E-state index contributed by atoms with van der Waals surface area (Å²) in [5.41, 5.74) is 0.464. The zero-order valence-electron chi connectivity index (χ0n) is 21.3. The zero-order valence-corrected chi connectivity index (χ0v) is 22.1. The molecule has 0 unspecified atom stereocenters. The molecule has 0 aliphatic heterocycles. The lowest BCUT2D eigenvalue weighted by atomic mass is 10.2. The SMILES string of the molecule is Cc1ccc(S(=O)(=O)OCCCOCCOCCOCCOCCOCC(=O)OC(C)(C)C)cc1. The second kappa shape index (κ2) is 17.8. The molecule has 0 saturated carbocycles. The van der Waals surface area contributed by atoms with E-state index in [2.05, 4.69) is 0 Å². The van der Waals surface area contributed by atoms with Crippen LogP contribution in [0.5, 0.6) is 0 Å². The number of ether oxygens (including phenoxy) is 6. The van der Waals surface area contributed by atoms with Gasteiger partial charge in [0.15, 0.2) is 0 Å². The summed E-state index contributed by atoms with van der Waals surface area (Å²) in [5.74, 6) is -0.399. The van der Waals surface area contributed by atoms with E-state index in [0.29, 0.717) is 65.9 Å². The highest BCUT2D eigenvalue weighted by Crippen LogP contribution is 2.13. The Balaban J connectivity index is 1.82. The molecule has 0 aromatic heterocycles. The highest BCUT2D eigenvalue weighted by Gasteiger charge is 2.16. The van der Waals surface area contributed by atoms with Crippen LogP contribution in [0.3, 0.4) is 0 Å². The smallest absolute Gasteiger partial charge is 0.332 e. The van der Waals surface area contributed by atoms with E-state index in [9.17, 15) is 13.2 Å². The van der Waals surface area contributed by atoms with E-state index < -0.39 is 21.7 Å². The van der Waals surface area contributed by atoms with Crippen LogP contribution in [0.4, 0.5) is 0 Å². The van der Waals surface area contributed by atoms with Crippen LogP contribution in [-0.2, 0) is 47.5 Å². The number of hydrogen-bond acceptors (Lipinski definition) is 10. The molecule has 0 atom stereocenters. The number of hydrogen-bond donors (Lipinski definition) is 0. The van der Waals surface area contributed by atoms with Crippen molar-refractivity contribution in [2.75, 3.05) is 72.7 Å². The molecule has 0 aliphatic rings. The van der Waals surface area contributed by atoms with Gasteiger partial charge in [-0.15, -0.1) is 0 Å². The first-order chi connectivity index (χ1) is 16.6. The number of carbonyl (C=O) groups excluding carboxylic acids is 1. The standard InChI is InChI=1S/C24H40O10S/c1-21-6-8-22(9-7-21)35(26,27)33-11-5-10-28-12-13-29-14-15-30-16-17-31-18-19-32-20-23(25)34-24(2,3)4/h6-9H,5,10-20H2,1-4H3. The number of rotatable bonds is 20. The van der Waals surface area contributed by atoms with Crippen molar-refractivity contribution in [2.24, 2.45) is 0 Å². The predicted octanol–water partition coefficient (Wildman–Crippen LogP) is 2.52. The van der Waals surface area contributed by atoms with Crippen LogP contribution in [0.2, 0.25) is 0 Å². The minimum absolute atomic E-state index is 0.0584. The second-order valence-corrected chi connectivity index (χ2v) is 10.1. The van der Waals surface area contributed by atoms with Crippen LogP contribution >= 0.6 is 0 Å². The number of aryl methyl sites for hydroxylation is 1. The van der Waals surface area contributed by atoms with Gasteiger partial charge >= 0.3 is 5.97 Å². The Hall–Kier alpha value is -1.60. The molecule has 0 bridgehead atoms. The van der Waals surface area contributed by atoms with E-state index in [1.54, 1.807) is 32.9 Å². The minimum atomic E-state index is -3.73. The lowest BCUT2D eigenvalue weighted by Gasteiger charge is -2.19. The quantitative estimate of drug-likeness (QED) is 0.144. The van der Waals surface area contributed by atoms with Crippen molar-refractivity contribution in [3.63, 3.8) is 0 Å². The second-order valence-electron chi connectivity index (χ2n) is 8.53. The first-order valence-corrected chi connectivity index (χ1v) is 13.1. The molecule has 1 rings (SSSR count). The van der Waals surface area contributed by atoms with Gasteiger partial charge in [0.25, 0.3) is 10.1 Å². The Kier molecular flexibility index (Phi) is 16.0. The summed E-state index contributed by atoms with van der Waals surface area (Å²) < 4.78 is 60.9. The molecule has 202 valence electrons. The van der Waals surface area contributed by atoms with E-state index in [1.807, 2.05) is 6.92 Å². The van der Waals surface area contributed by atoms with Gasteiger partial charge in [-0.3, -0.25) is 4.18 Å². The molecule has 1 aromatic rings. The molecule has 1 aromatic carbocycles. The van der Waals surface area contributed by atoms with Crippen molar-refractivity contribution in [2.45, 2.75) is 44.6 Å². The van der Waals surface area contributed by atoms with E-state index in [-0.39, 0.29) is 18.1 Å². The van der Waals surface area contributed by atoms with Crippen molar-refractivity contribution in [1.82, 2.24) is 0 Å². The van der Waals surface area contributed by atoms with Crippen LogP contribution in [0.1, 0.15) is 32.8 Å². The summed E-state index contributed by atoms with van der Waals surface area (Å²) in [6.07, 6.45) is 0.459. The molecule has 0 fully saturated rings. The average molecular weight is 521 g/mol. The third-order valence-electron chi connectivity index (χ3n) is 4.11. The molecule has 0 radical (unpaired) electrons. The number of carbonyl (C=O) groups is 1. The molecule has 10 nitrogen and oxygen atoms in total. The summed E-state index contributed by atoms with van der Waals surface area (Å²) in [4.78, 5) is 11.6. The monoisotopic (exact) mass is 520 g/mol. The Labute approximate surface area is 209 Å². The van der Waals surface area contributed by atoms with E-state index in [4.69, 9.17) is 32.6 Å². The van der Waals surface area contributed by atoms with Crippen molar-refractivity contribution >= 4 is 16.1 Å². The summed E-state index contributed by atoms with van der Waals surface area (Å²) in [7, 11) is -3.73. The van der Waals surface area contributed by atoms with Crippen LogP contribution in [0.25, 0.3) is 0 Å². The first kappa shape index (κ1) is 31.4. The van der Waals surface area contributed by atoms with Crippen LogP contribution < -0.4 is 0 Å². The lowest BCUT2D eigenvalue weighted by Crippen LogP contribution is -2.27. The number of esters is 1. The molecule has 0 N–H and O–H groups in total. The van der Waals surface area contributed by atoms with Gasteiger partial charge in [-0.2, -0.15) is 8.42 Å². The molecule has 0 spiro atoms. The summed E-state index contributed by atoms with van der Waals surface area (Å²) in [5, 5.41) is 0. The molecular weight excluding hydrogens is 480 g/mol. The fraction of sp³-hybridized carbons (Fsp3) is 0.708. The summed E-state index contributed by atoms with van der Waals surface area (Å²) in [6.45, 7) is 10.8. The topological polar surface area (TPSA) is 116 Å². The minimum Gasteiger partial charge on any atom is -0.458 e. The summed E-state index contributed by atoms with van der Waals surface area (Å²) in [6, 6.07) is 6.52. The van der Waals surface area contributed by atoms with Gasteiger partial charge in [0.1, 0.15) is 12.2 Å². The summed E-state index contributed by atoms with van der Waals surface area (Å²) >= 11 is 0. The van der Waals surface area contributed by atoms with E-state index in [1.165, 1.54) is 12.1 Å². The largest absolute Gasteiger partial charge is 0.458 e. The Morgan fingerprint density at radius 3 is 1.66 bits per heavy atom. The van der Waals surface area contributed by atoms with Crippen LogP contribution in [0, 0.1) is 6.92 Å². The third kappa shape index (κ3) is 17.5. The maximum Gasteiger partial charge on any atom is 0.332 e. The molecule has 11 heteroatoms. The maximum absolute atomic E-state index is 12.0.